The van der Waals surface area contributed by atoms with Crippen molar-refractivity contribution < 1.29 is 18.3 Å². The Kier molecular flexibility index (Phi) is 7.10. The number of hydrogen-bond acceptors (Lipinski definition) is 5. The van der Waals surface area contributed by atoms with Crippen LogP contribution in [0, 0.1) is 0 Å². The Bertz CT molecular complexity index is 532. The summed E-state index contributed by atoms with van der Waals surface area (Å²) >= 11 is 0. The standard InChI is InChI=1S/C14H24N2O4S/c1-16(2)14(11-15-21(18,19)9-5-8-17)12-6-4-7-13(10-12)20-3/h4,6-7,10,14-15,17H,5,8-9,11H2,1-3H3. The molecule has 120 valence electrons. The maximum absolute atomic E-state index is 11.8. The molecule has 1 unspecified atom stereocenters. The first-order valence-electron chi connectivity index (χ1n) is 6.78. The fourth-order valence-corrected chi connectivity index (χ4v) is 3.05. The van der Waals surface area contributed by atoms with Gasteiger partial charge >= 0.3 is 0 Å². The molecule has 0 aromatic heterocycles. The highest BCUT2D eigenvalue weighted by Crippen LogP contribution is 2.22. The number of aliphatic hydroxyl groups is 1. The lowest BCUT2D eigenvalue weighted by Gasteiger charge is -2.25. The quantitative estimate of drug-likeness (QED) is 0.697. The Balaban J connectivity index is 2.78. The van der Waals surface area contributed by atoms with Crippen LogP contribution in [0.25, 0.3) is 0 Å². The van der Waals surface area contributed by atoms with Crippen LogP contribution in [0.1, 0.15) is 18.0 Å². The van der Waals surface area contributed by atoms with E-state index in [1.807, 2.05) is 43.3 Å². The number of rotatable bonds is 9. The van der Waals surface area contributed by atoms with Crippen molar-refractivity contribution in [2.45, 2.75) is 12.5 Å². The molecule has 2 N–H and O–H groups in total. The van der Waals surface area contributed by atoms with Crippen LogP contribution in [0.2, 0.25) is 0 Å². The molecule has 1 atom stereocenters. The number of nitrogens with zero attached hydrogens (tertiary/aromatic N) is 1. The van der Waals surface area contributed by atoms with Gasteiger partial charge in [0.1, 0.15) is 5.75 Å². The van der Waals surface area contributed by atoms with Crippen LogP contribution in [-0.2, 0) is 10.0 Å². The second kappa shape index (κ2) is 8.33. The smallest absolute Gasteiger partial charge is 0.211 e. The Morgan fingerprint density at radius 3 is 2.67 bits per heavy atom. The third kappa shape index (κ3) is 6.01. The molecule has 0 spiro atoms. The number of likely N-dealkylation sites (N-methyl/N-ethyl adjacent to an activating group) is 1. The van der Waals surface area contributed by atoms with Gasteiger partial charge in [0.25, 0.3) is 0 Å². The molecular formula is C14H24N2O4S. The summed E-state index contributed by atoms with van der Waals surface area (Å²) in [5.74, 6) is 0.671. The normalized spacial score (nSPS) is 13.4. The highest BCUT2D eigenvalue weighted by atomic mass is 32.2. The van der Waals surface area contributed by atoms with E-state index >= 15 is 0 Å². The molecule has 7 heteroatoms. The molecule has 21 heavy (non-hydrogen) atoms. The lowest BCUT2D eigenvalue weighted by molar-refractivity contribution is 0.293. The lowest BCUT2D eigenvalue weighted by atomic mass is 10.1. The van der Waals surface area contributed by atoms with Crippen LogP contribution in [0.15, 0.2) is 24.3 Å². The van der Waals surface area contributed by atoms with Crippen LogP contribution in [0.3, 0.4) is 0 Å². The van der Waals surface area contributed by atoms with Crippen LogP contribution < -0.4 is 9.46 Å². The minimum absolute atomic E-state index is 0.0677. The Morgan fingerprint density at radius 2 is 2.10 bits per heavy atom. The zero-order valence-electron chi connectivity index (χ0n) is 12.7. The Morgan fingerprint density at radius 1 is 1.38 bits per heavy atom. The number of sulfonamides is 1. The first-order chi connectivity index (χ1) is 9.89. The van der Waals surface area contributed by atoms with Gasteiger partial charge in [-0.25, -0.2) is 13.1 Å². The van der Waals surface area contributed by atoms with Gasteiger partial charge < -0.3 is 14.7 Å². The maximum Gasteiger partial charge on any atom is 0.211 e. The highest BCUT2D eigenvalue weighted by Gasteiger charge is 2.18. The van der Waals surface area contributed by atoms with Gasteiger partial charge in [-0.05, 0) is 38.2 Å². The summed E-state index contributed by atoms with van der Waals surface area (Å²) < 4.78 is 31.4. The van der Waals surface area contributed by atoms with Crippen LogP contribution in [-0.4, -0.2) is 58.5 Å². The number of aliphatic hydroxyl groups excluding tert-OH is 1. The number of methoxy groups -OCH3 is 1. The third-order valence-electron chi connectivity index (χ3n) is 3.17. The van der Waals surface area contributed by atoms with E-state index in [9.17, 15) is 8.42 Å². The van der Waals surface area contributed by atoms with Gasteiger partial charge in [-0.1, -0.05) is 12.1 Å². The van der Waals surface area contributed by atoms with Gasteiger partial charge in [-0.2, -0.15) is 0 Å². The van der Waals surface area contributed by atoms with Crippen LogP contribution >= 0.6 is 0 Å². The number of hydrogen-bond donors (Lipinski definition) is 2. The molecule has 0 heterocycles. The number of nitrogens with one attached hydrogen (secondary N) is 1. The summed E-state index contributed by atoms with van der Waals surface area (Å²) in [6, 6.07) is 7.47. The molecule has 0 amide bonds. The molecule has 0 aliphatic heterocycles. The van der Waals surface area contributed by atoms with Gasteiger partial charge in [-0.15, -0.1) is 0 Å². The molecule has 6 nitrogen and oxygen atoms in total. The van der Waals surface area contributed by atoms with Gasteiger partial charge in [-0.3, -0.25) is 0 Å². The molecule has 1 rings (SSSR count). The van der Waals surface area contributed by atoms with Crippen molar-refractivity contribution in [2.24, 2.45) is 0 Å². The predicted molar refractivity (Wildman–Crippen MR) is 82.9 cm³/mol. The summed E-state index contributed by atoms with van der Waals surface area (Å²) in [6.07, 6.45) is 0.237. The molecule has 0 radical (unpaired) electrons. The molecule has 0 saturated carbocycles. The van der Waals surface area contributed by atoms with Gasteiger partial charge in [0.2, 0.25) is 10.0 Å². The van der Waals surface area contributed by atoms with E-state index in [1.165, 1.54) is 0 Å². The average molecular weight is 316 g/mol. The second-order valence-electron chi connectivity index (χ2n) is 5.00. The van der Waals surface area contributed by atoms with E-state index in [2.05, 4.69) is 4.72 Å². The summed E-state index contributed by atoms with van der Waals surface area (Å²) in [7, 11) is 2.02. The second-order valence-corrected chi connectivity index (χ2v) is 6.93. The van der Waals surface area contributed by atoms with Crippen LogP contribution in [0.5, 0.6) is 5.75 Å². The van der Waals surface area contributed by atoms with Gasteiger partial charge in [0, 0.05) is 19.2 Å². The fraction of sp³-hybridized carbons (Fsp3) is 0.571. The number of benzene rings is 1. The molecule has 1 aromatic rings. The SMILES string of the molecule is COc1cccc(C(CNS(=O)(=O)CCCO)N(C)C)c1. The molecule has 0 fully saturated rings. The van der Waals surface area contributed by atoms with Crippen molar-refractivity contribution in [1.29, 1.82) is 0 Å². The minimum Gasteiger partial charge on any atom is -0.497 e. The summed E-state index contributed by atoms with van der Waals surface area (Å²) in [4.78, 5) is 1.95. The summed E-state index contributed by atoms with van der Waals surface area (Å²) in [5, 5.41) is 8.72. The van der Waals surface area contributed by atoms with E-state index in [0.717, 1.165) is 11.3 Å². The van der Waals surface area contributed by atoms with Gasteiger partial charge in [0.15, 0.2) is 0 Å². The average Bonchev–Trinajstić information content (AvgIpc) is 2.45. The van der Waals surface area contributed by atoms with E-state index in [0.29, 0.717) is 0 Å². The minimum atomic E-state index is -3.36. The lowest BCUT2D eigenvalue weighted by Crippen LogP contribution is -2.35. The number of ether oxygens (including phenoxy) is 1. The molecule has 0 aliphatic carbocycles. The Hall–Kier alpha value is -1.15. The van der Waals surface area contributed by atoms with Crippen molar-refractivity contribution in [3.63, 3.8) is 0 Å². The van der Waals surface area contributed by atoms with Crippen molar-refractivity contribution in [3.05, 3.63) is 29.8 Å². The monoisotopic (exact) mass is 316 g/mol. The van der Waals surface area contributed by atoms with E-state index < -0.39 is 10.0 Å². The predicted octanol–water partition coefficient (Wildman–Crippen LogP) is 0.600. The highest BCUT2D eigenvalue weighted by molar-refractivity contribution is 7.89. The van der Waals surface area contributed by atoms with Crippen molar-refractivity contribution >= 4 is 10.0 Å². The molecule has 1 aromatic carbocycles. The molecule has 0 bridgehead atoms. The Labute approximate surface area is 126 Å². The molecule has 0 aliphatic rings. The fourth-order valence-electron chi connectivity index (χ4n) is 1.98. The van der Waals surface area contributed by atoms with Crippen molar-refractivity contribution in [2.75, 3.05) is 40.1 Å². The first kappa shape index (κ1) is 17.9. The van der Waals surface area contributed by atoms with E-state index in [4.69, 9.17) is 9.84 Å². The zero-order chi connectivity index (χ0) is 15.9. The van der Waals surface area contributed by atoms with Gasteiger partial charge in [0.05, 0.1) is 12.9 Å². The topological polar surface area (TPSA) is 78.9 Å². The van der Waals surface area contributed by atoms with Crippen LogP contribution in [0.4, 0.5) is 0 Å². The van der Waals surface area contributed by atoms with Crippen molar-refractivity contribution in [3.8, 4) is 5.75 Å². The largest absolute Gasteiger partial charge is 0.497 e. The first-order valence-corrected chi connectivity index (χ1v) is 8.43. The summed E-state index contributed by atoms with van der Waals surface area (Å²) in [6.45, 7) is 0.141. The molecule has 0 saturated heterocycles. The molecular weight excluding hydrogens is 292 g/mol. The zero-order valence-corrected chi connectivity index (χ0v) is 13.6. The third-order valence-corrected chi connectivity index (χ3v) is 4.60. The summed E-state index contributed by atoms with van der Waals surface area (Å²) in [5.41, 5.74) is 0.976. The maximum atomic E-state index is 11.8. The van der Waals surface area contributed by atoms with Crippen molar-refractivity contribution in [1.82, 2.24) is 9.62 Å². The van der Waals surface area contributed by atoms with E-state index in [1.54, 1.807) is 7.11 Å². The van der Waals surface area contributed by atoms with E-state index in [-0.39, 0.29) is 31.4 Å².